The van der Waals surface area contributed by atoms with E-state index in [0.29, 0.717) is 16.2 Å². The van der Waals surface area contributed by atoms with Crippen LogP contribution in [0.25, 0.3) is 0 Å². The van der Waals surface area contributed by atoms with E-state index in [-0.39, 0.29) is 23.4 Å². The van der Waals surface area contributed by atoms with Gasteiger partial charge in [-0.15, -0.1) is 0 Å². The smallest absolute Gasteiger partial charge is 0.269 e. The van der Waals surface area contributed by atoms with Crippen LogP contribution in [-0.4, -0.2) is 39.4 Å². The van der Waals surface area contributed by atoms with Crippen molar-refractivity contribution in [3.05, 3.63) is 62.3 Å². The molecule has 1 heterocycles. The molecular weight excluding hydrogens is 392 g/mol. The first kappa shape index (κ1) is 22.4. The van der Waals surface area contributed by atoms with Gasteiger partial charge in [0.15, 0.2) is 0 Å². The summed E-state index contributed by atoms with van der Waals surface area (Å²) in [6.07, 6.45) is 0. The molecule has 0 spiro atoms. The minimum Gasteiger partial charge on any atom is -0.366 e. The van der Waals surface area contributed by atoms with Crippen molar-refractivity contribution in [2.75, 3.05) is 12.8 Å². The van der Waals surface area contributed by atoms with Crippen LogP contribution in [0.5, 0.6) is 0 Å². The summed E-state index contributed by atoms with van der Waals surface area (Å²) in [6, 6.07) is 5.85. The Morgan fingerprint density at radius 2 is 1.93 bits per heavy atom. The SMILES string of the molecule is Cc1nc(SCC(=O)N(C)[C@@H](C)c2cccc([N+](=O)[O-])c2)c(C(N)=O)c(C)c1C. The largest absolute Gasteiger partial charge is 0.366 e. The predicted molar refractivity (Wildman–Crippen MR) is 112 cm³/mol. The highest BCUT2D eigenvalue weighted by Crippen LogP contribution is 2.28. The van der Waals surface area contributed by atoms with E-state index in [9.17, 15) is 19.7 Å². The normalized spacial score (nSPS) is 11.8. The van der Waals surface area contributed by atoms with E-state index in [1.54, 1.807) is 26.1 Å². The molecule has 8 nitrogen and oxygen atoms in total. The average molecular weight is 417 g/mol. The predicted octanol–water partition coefficient (Wildman–Crippen LogP) is 3.33. The highest BCUT2D eigenvalue weighted by Gasteiger charge is 2.22. The number of aryl methyl sites for hydroxylation is 1. The summed E-state index contributed by atoms with van der Waals surface area (Å²) in [5.74, 6) is -0.709. The van der Waals surface area contributed by atoms with Gasteiger partial charge in [0, 0.05) is 24.9 Å². The topological polar surface area (TPSA) is 119 Å². The van der Waals surface area contributed by atoms with Gasteiger partial charge in [-0.2, -0.15) is 0 Å². The number of nitrogens with zero attached hydrogens (tertiary/aromatic N) is 3. The molecule has 1 atom stereocenters. The van der Waals surface area contributed by atoms with Gasteiger partial charge in [-0.05, 0) is 44.4 Å². The number of benzene rings is 1. The van der Waals surface area contributed by atoms with Crippen LogP contribution in [0.4, 0.5) is 5.69 Å². The second-order valence-electron chi connectivity index (χ2n) is 6.81. The standard InChI is InChI=1S/C20H24N4O4S/c1-11-12(2)18(19(21)26)20(22-13(11)3)29-10-17(25)23(5)14(4)15-7-6-8-16(9-15)24(27)28/h6-9,14H,10H2,1-5H3,(H2,21,26)/t14-/m0/s1. The van der Waals surface area contributed by atoms with E-state index in [4.69, 9.17) is 5.73 Å². The number of non-ortho nitro benzene ring substituents is 1. The Labute approximate surface area is 173 Å². The van der Waals surface area contributed by atoms with Gasteiger partial charge in [0.2, 0.25) is 5.91 Å². The number of hydrogen-bond donors (Lipinski definition) is 1. The number of carbonyl (C=O) groups excluding carboxylic acids is 2. The van der Waals surface area contributed by atoms with Crippen molar-refractivity contribution in [3.63, 3.8) is 0 Å². The zero-order valence-electron chi connectivity index (χ0n) is 17.1. The Morgan fingerprint density at radius 1 is 1.28 bits per heavy atom. The fraction of sp³-hybridized carbons (Fsp3) is 0.350. The average Bonchev–Trinajstić information content (AvgIpc) is 2.68. The number of primary amides is 1. The first-order valence-corrected chi connectivity index (χ1v) is 9.93. The zero-order valence-corrected chi connectivity index (χ0v) is 17.9. The molecule has 9 heteroatoms. The second kappa shape index (κ2) is 9.04. The number of carbonyl (C=O) groups is 2. The van der Waals surface area contributed by atoms with Crippen molar-refractivity contribution >= 4 is 29.3 Å². The molecule has 0 aliphatic carbocycles. The van der Waals surface area contributed by atoms with Crippen LogP contribution in [0.3, 0.4) is 0 Å². The molecule has 0 radical (unpaired) electrons. The minimum atomic E-state index is -0.577. The molecule has 2 aromatic rings. The van der Waals surface area contributed by atoms with E-state index >= 15 is 0 Å². The van der Waals surface area contributed by atoms with Crippen LogP contribution in [0, 0.1) is 30.9 Å². The lowest BCUT2D eigenvalue weighted by Gasteiger charge is -2.25. The van der Waals surface area contributed by atoms with Crippen LogP contribution < -0.4 is 5.73 Å². The lowest BCUT2D eigenvalue weighted by Crippen LogP contribution is -2.31. The summed E-state index contributed by atoms with van der Waals surface area (Å²) in [7, 11) is 1.64. The van der Waals surface area contributed by atoms with Crippen molar-refractivity contribution < 1.29 is 14.5 Å². The molecular formula is C20H24N4O4S. The molecule has 0 fully saturated rings. The third-order valence-electron chi connectivity index (χ3n) is 5.08. The van der Waals surface area contributed by atoms with Gasteiger partial charge in [-0.1, -0.05) is 23.9 Å². The van der Waals surface area contributed by atoms with Crippen LogP contribution in [0.15, 0.2) is 29.3 Å². The molecule has 0 bridgehead atoms. The molecule has 154 valence electrons. The number of nitro benzene ring substituents is 1. The summed E-state index contributed by atoms with van der Waals surface area (Å²) in [5, 5.41) is 11.4. The number of rotatable bonds is 7. The molecule has 0 saturated heterocycles. The quantitative estimate of drug-likeness (QED) is 0.420. The number of pyridine rings is 1. The summed E-state index contributed by atoms with van der Waals surface area (Å²) < 4.78 is 0. The number of nitrogens with two attached hydrogens (primary N) is 1. The number of nitro groups is 1. The summed E-state index contributed by atoms with van der Waals surface area (Å²) >= 11 is 1.16. The number of aromatic nitrogens is 1. The van der Waals surface area contributed by atoms with E-state index < -0.39 is 10.8 Å². The maximum absolute atomic E-state index is 12.7. The van der Waals surface area contributed by atoms with E-state index in [2.05, 4.69) is 4.98 Å². The van der Waals surface area contributed by atoms with Gasteiger partial charge in [0.25, 0.3) is 11.6 Å². The van der Waals surface area contributed by atoms with Crippen molar-refractivity contribution in [2.45, 2.75) is 38.8 Å². The van der Waals surface area contributed by atoms with E-state index in [1.165, 1.54) is 17.0 Å². The van der Waals surface area contributed by atoms with Crippen LogP contribution in [0.1, 0.15) is 45.7 Å². The van der Waals surface area contributed by atoms with Crippen molar-refractivity contribution in [2.24, 2.45) is 5.73 Å². The fourth-order valence-electron chi connectivity index (χ4n) is 2.88. The third kappa shape index (κ3) is 4.92. The molecule has 29 heavy (non-hydrogen) atoms. The Bertz CT molecular complexity index is 977. The first-order chi connectivity index (χ1) is 13.5. The van der Waals surface area contributed by atoms with Crippen LogP contribution >= 0.6 is 11.8 Å². The highest BCUT2D eigenvalue weighted by molar-refractivity contribution is 8.00. The molecule has 0 saturated carbocycles. The highest BCUT2D eigenvalue weighted by atomic mass is 32.2. The van der Waals surface area contributed by atoms with Gasteiger partial charge in [-0.3, -0.25) is 19.7 Å². The number of amides is 2. The lowest BCUT2D eigenvalue weighted by atomic mass is 10.0. The number of hydrogen-bond acceptors (Lipinski definition) is 6. The Kier molecular flexibility index (Phi) is 6.97. The number of thioether (sulfide) groups is 1. The second-order valence-corrected chi connectivity index (χ2v) is 7.78. The fourth-order valence-corrected chi connectivity index (χ4v) is 3.94. The van der Waals surface area contributed by atoms with Gasteiger partial charge in [0.05, 0.1) is 22.3 Å². The Balaban J connectivity index is 2.18. The van der Waals surface area contributed by atoms with Crippen molar-refractivity contribution in [1.29, 1.82) is 0 Å². The van der Waals surface area contributed by atoms with E-state index in [1.807, 2.05) is 20.8 Å². The monoisotopic (exact) mass is 416 g/mol. The maximum atomic E-state index is 12.7. The molecule has 2 N–H and O–H groups in total. The Morgan fingerprint density at radius 3 is 2.52 bits per heavy atom. The molecule has 2 rings (SSSR count). The molecule has 1 aromatic carbocycles. The van der Waals surface area contributed by atoms with Crippen LogP contribution in [0.2, 0.25) is 0 Å². The molecule has 0 aliphatic heterocycles. The zero-order chi connectivity index (χ0) is 21.9. The van der Waals surface area contributed by atoms with Gasteiger partial charge >= 0.3 is 0 Å². The van der Waals surface area contributed by atoms with Gasteiger partial charge < -0.3 is 10.6 Å². The van der Waals surface area contributed by atoms with Gasteiger partial charge in [0.1, 0.15) is 5.03 Å². The molecule has 1 aromatic heterocycles. The molecule has 0 aliphatic rings. The maximum Gasteiger partial charge on any atom is 0.269 e. The summed E-state index contributed by atoms with van der Waals surface area (Å²) in [6.45, 7) is 7.33. The van der Waals surface area contributed by atoms with Crippen molar-refractivity contribution in [1.82, 2.24) is 9.88 Å². The molecule has 2 amide bonds. The molecule has 0 unspecified atom stereocenters. The Hall–Kier alpha value is -2.94. The van der Waals surface area contributed by atoms with Crippen molar-refractivity contribution in [3.8, 4) is 0 Å². The third-order valence-corrected chi connectivity index (χ3v) is 6.04. The summed E-state index contributed by atoms with van der Waals surface area (Å²) in [4.78, 5) is 41.0. The van der Waals surface area contributed by atoms with Crippen LogP contribution in [-0.2, 0) is 4.79 Å². The lowest BCUT2D eigenvalue weighted by molar-refractivity contribution is -0.384. The minimum absolute atomic E-state index is 0.0227. The summed E-state index contributed by atoms with van der Waals surface area (Å²) in [5.41, 5.74) is 8.93. The van der Waals surface area contributed by atoms with E-state index in [0.717, 1.165) is 28.6 Å². The van der Waals surface area contributed by atoms with Gasteiger partial charge in [-0.25, -0.2) is 4.98 Å². The first-order valence-electron chi connectivity index (χ1n) is 8.95.